The number of benzene rings is 1. The number of furan rings is 1. The van der Waals surface area contributed by atoms with Crippen LogP contribution in [0.25, 0.3) is 0 Å². The summed E-state index contributed by atoms with van der Waals surface area (Å²) in [6.45, 7) is 1.16. The summed E-state index contributed by atoms with van der Waals surface area (Å²) < 4.78 is 5.01. The van der Waals surface area contributed by atoms with E-state index in [9.17, 15) is 9.90 Å². The van der Waals surface area contributed by atoms with Gasteiger partial charge in [0.25, 0.3) is 5.91 Å². The Kier molecular flexibility index (Phi) is 3.66. The summed E-state index contributed by atoms with van der Waals surface area (Å²) in [6.07, 6.45) is 1.72. The second kappa shape index (κ2) is 5.61. The maximum absolute atomic E-state index is 11.7. The summed E-state index contributed by atoms with van der Waals surface area (Å²) in [5, 5.41) is 12.9. The molecule has 0 aliphatic carbocycles. The average Bonchev–Trinajstić information content (AvgIpc) is 3.14. The van der Waals surface area contributed by atoms with Crippen LogP contribution in [0.1, 0.15) is 27.8 Å². The second-order valence-electron chi connectivity index (χ2n) is 5.26. The number of nitrogens with one attached hydrogen (secondary N) is 1. The first-order chi connectivity index (χ1) is 10.1. The molecule has 0 bridgehead atoms. The molecule has 1 aromatic carbocycles. The molecule has 21 heavy (non-hydrogen) atoms. The van der Waals surface area contributed by atoms with Gasteiger partial charge in [0.15, 0.2) is 5.76 Å². The van der Waals surface area contributed by atoms with Crippen molar-refractivity contribution in [2.45, 2.75) is 12.5 Å². The number of fused-ring (bicyclic) bond motifs is 1. The van der Waals surface area contributed by atoms with Gasteiger partial charge >= 0.3 is 0 Å². The largest absolute Gasteiger partial charge is 0.459 e. The first kappa shape index (κ1) is 13.7. The number of hydrogen-bond donors (Lipinski definition) is 2. The van der Waals surface area contributed by atoms with Crippen molar-refractivity contribution in [3.8, 4) is 0 Å². The third-order valence-corrected chi connectivity index (χ3v) is 3.82. The normalized spacial score (nSPS) is 14.9. The zero-order valence-electron chi connectivity index (χ0n) is 11.9. The highest BCUT2D eigenvalue weighted by molar-refractivity contribution is 5.91. The number of amides is 1. The number of nitrogens with zero attached hydrogens (tertiary/aromatic N) is 1. The highest BCUT2D eigenvalue weighted by Gasteiger charge is 2.18. The Morgan fingerprint density at radius 1 is 1.48 bits per heavy atom. The van der Waals surface area contributed by atoms with Crippen LogP contribution in [0.4, 0.5) is 5.69 Å². The van der Waals surface area contributed by atoms with Crippen LogP contribution in [0.2, 0.25) is 0 Å². The van der Waals surface area contributed by atoms with Crippen LogP contribution in [0.5, 0.6) is 0 Å². The molecule has 0 spiro atoms. The molecule has 2 N–H and O–H groups in total. The van der Waals surface area contributed by atoms with E-state index in [0.29, 0.717) is 0 Å². The molecule has 1 atom stereocenters. The first-order valence-electron chi connectivity index (χ1n) is 6.99. The highest BCUT2D eigenvalue weighted by atomic mass is 16.3. The molecule has 1 aliphatic rings. The van der Waals surface area contributed by atoms with E-state index in [0.717, 1.165) is 18.5 Å². The van der Waals surface area contributed by atoms with E-state index >= 15 is 0 Å². The van der Waals surface area contributed by atoms with Crippen LogP contribution in [0, 0.1) is 0 Å². The molecule has 1 aromatic heterocycles. The van der Waals surface area contributed by atoms with Gasteiger partial charge in [0.2, 0.25) is 0 Å². The predicted octanol–water partition coefficient (Wildman–Crippen LogP) is 1.74. The molecule has 0 radical (unpaired) electrons. The minimum Gasteiger partial charge on any atom is -0.459 e. The van der Waals surface area contributed by atoms with Gasteiger partial charge in [-0.05, 0) is 35.7 Å². The lowest BCUT2D eigenvalue weighted by Gasteiger charge is -2.15. The molecule has 0 unspecified atom stereocenters. The predicted molar refractivity (Wildman–Crippen MR) is 79.4 cm³/mol. The van der Waals surface area contributed by atoms with Gasteiger partial charge in [-0.25, -0.2) is 0 Å². The van der Waals surface area contributed by atoms with Crippen molar-refractivity contribution < 1.29 is 14.3 Å². The molecule has 0 fully saturated rings. The summed E-state index contributed by atoms with van der Waals surface area (Å²) in [6, 6.07) is 9.19. The molecule has 110 valence electrons. The molecular formula is C16H18N2O3. The average molecular weight is 286 g/mol. The SMILES string of the molecule is CN1CCc2cc([C@H](O)CNC(=O)c3ccco3)ccc21. The van der Waals surface area contributed by atoms with Crippen LogP contribution >= 0.6 is 0 Å². The van der Waals surface area contributed by atoms with Gasteiger partial charge in [0, 0.05) is 25.8 Å². The fourth-order valence-corrected chi connectivity index (χ4v) is 2.60. The minimum absolute atomic E-state index is 0.161. The van der Waals surface area contributed by atoms with Gasteiger partial charge in [-0.15, -0.1) is 0 Å². The Morgan fingerprint density at radius 2 is 2.33 bits per heavy atom. The van der Waals surface area contributed by atoms with E-state index in [-0.39, 0.29) is 18.2 Å². The van der Waals surface area contributed by atoms with Crippen molar-refractivity contribution in [1.29, 1.82) is 0 Å². The molecule has 1 aliphatic heterocycles. The zero-order valence-corrected chi connectivity index (χ0v) is 11.9. The Labute approximate surface area is 123 Å². The van der Waals surface area contributed by atoms with Crippen molar-refractivity contribution >= 4 is 11.6 Å². The van der Waals surface area contributed by atoms with Gasteiger partial charge in [-0.2, -0.15) is 0 Å². The molecule has 2 heterocycles. The van der Waals surface area contributed by atoms with E-state index in [4.69, 9.17) is 4.42 Å². The van der Waals surface area contributed by atoms with Crippen molar-refractivity contribution in [3.05, 3.63) is 53.5 Å². The number of hydrogen-bond acceptors (Lipinski definition) is 4. The van der Waals surface area contributed by atoms with Crippen LogP contribution < -0.4 is 10.2 Å². The maximum atomic E-state index is 11.7. The topological polar surface area (TPSA) is 65.7 Å². The summed E-state index contributed by atoms with van der Waals surface area (Å²) in [5.74, 6) is -0.0716. The third-order valence-electron chi connectivity index (χ3n) is 3.82. The van der Waals surface area contributed by atoms with Crippen LogP contribution in [0.15, 0.2) is 41.0 Å². The molecule has 5 heteroatoms. The van der Waals surface area contributed by atoms with Crippen LogP contribution in [-0.2, 0) is 6.42 Å². The number of rotatable bonds is 4. The lowest BCUT2D eigenvalue weighted by molar-refractivity contribution is 0.0889. The van der Waals surface area contributed by atoms with E-state index in [1.165, 1.54) is 17.5 Å². The molecule has 2 aromatic rings. The van der Waals surface area contributed by atoms with E-state index < -0.39 is 6.10 Å². The number of aliphatic hydroxyl groups excluding tert-OH is 1. The summed E-state index contributed by atoms with van der Waals surface area (Å²) >= 11 is 0. The van der Waals surface area contributed by atoms with Crippen molar-refractivity contribution in [3.63, 3.8) is 0 Å². The fourth-order valence-electron chi connectivity index (χ4n) is 2.60. The lowest BCUT2D eigenvalue weighted by Crippen LogP contribution is -2.28. The van der Waals surface area contributed by atoms with Gasteiger partial charge in [0.1, 0.15) is 0 Å². The highest BCUT2D eigenvalue weighted by Crippen LogP contribution is 2.29. The van der Waals surface area contributed by atoms with E-state index in [1.807, 2.05) is 18.2 Å². The quantitative estimate of drug-likeness (QED) is 0.898. The molecule has 5 nitrogen and oxygen atoms in total. The van der Waals surface area contributed by atoms with Gasteiger partial charge in [0.05, 0.1) is 12.4 Å². The third kappa shape index (κ3) is 2.78. The summed E-state index contributed by atoms with van der Waals surface area (Å²) in [4.78, 5) is 13.9. The standard InChI is InChI=1S/C16H18N2O3/c1-18-7-6-11-9-12(4-5-13(11)18)14(19)10-17-16(20)15-3-2-8-21-15/h2-5,8-9,14,19H,6-7,10H2,1H3,(H,17,20)/t14-/m1/s1. The Balaban J connectivity index is 1.63. The Morgan fingerprint density at radius 3 is 3.10 bits per heavy atom. The van der Waals surface area contributed by atoms with Crippen molar-refractivity contribution in [2.24, 2.45) is 0 Å². The van der Waals surface area contributed by atoms with Crippen LogP contribution in [-0.4, -0.2) is 31.2 Å². The number of likely N-dealkylation sites (N-methyl/N-ethyl adjacent to an activating group) is 1. The van der Waals surface area contributed by atoms with Crippen LogP contribution in [0.3, 0.4) is 0 Å². The van der Waals surface area contributed by atoms with E-state index in [1.54, 1.807) is 12.1 Å². The fraction of sp³-hybridized carbons (Fsp3) is 0.312. The number of carbonyl (C=O) groups is 1. The molecular weight excluding hydrogens is 268 g/mol. The van der Waals surface area contributed by atoms with Crippen molar-refractivity contribution in [2.75, 3.05) is 25.0 Å². The van der Waals surface area contributed by atoms with Gasteiger partial charge < -0.3 is 19.7 Å². The van der Waals surface area contributed by atoms with Crippen molar-refractivity contribution in [1.82, 2.24) is 5.32 Å². The first-order valence-corrected chi connectivity index (χ1v) is 6.99. The number of aliphatic hydroxyl groups is 1. The minimum atomic E-state index is -0.722. The monoisotopic (exact) mass is 286 g/mol. The number of carbonyl (C=O) groups excluding carboxylic acids is 1. The molecule has 0 saturated heterocycles. The zero-order chi connectivity index (χ0) is 14.8. The summed E-state index contributed by atoms with van der Waals surface area (Å²) in [7, 11) is 2.06. The maximum Gasteiger partial charge on any atom is 0.287 e. The van der Waals surface area contributed by atoms with E-state index in [2.05, 4.69) is 17.3 Å². The lowest BCUT2D eigenvalue weighted by atomic mass is 10.0. The Bertz CT molecular complexity index is 637. The molecule has 0 saturated carbocycles. The second-order valence-corrected chi connectivity index (χ2v) is 5.26. The van der Waals surface area contributed by atoms with Gasteiger partial charge in [-0.3, -0.25) is 4.79 Å². The molecule has 1 amide bonds. The smallest absolute Gasteiger partial charge is 0.287 e. The molecule has 3 rings (SSSR count). The van der Waals surface area contributed by atoms with Gasteiger partial charge in [-0.1, -0.05) is 12.1 Å². The number of anilines is 1. The summed E-state index contributed by atoms with van der Waals surface area (Å²) in [5.41, 5.74) is 3.28. The Hall–Kier alpha value is -2.27.